The van der Waals surface area contributed by atoms with E-state index in [4.69, 9.17) is 11.6 Å². The van der Waals surface area contributed by atoms with Crippen LogP contribution in [0, 0.1) is 5.82 Å². The second-order valence-corrected chi connectivity index (χ2v) is 7.38. The Balaban J connectivity index is 1.73. The predicted octanol–water partition coefficient (Wildman–Crippen LogP) is 4.27. The fraction of sp³-hybridized carbons (Fsp3) is 0.222. The monoisotopic (exact) mass is 405 g/mol. The van der Waals surface area contributed by atoms with Crippen LogP contribution >= 0.6 is 23.4 Å². The zero-order valence-electron chi connectivity index (χ0n) is 14.7. The summed E-state index contributed by atoms with van der Waals surface area (Å²) in [6.45, 7) is 4.42. The quantitative estimate of drug-likeness (QED) is 0.620. The number of carbonyl (C=O) groups excluding carboxylic acids is 1. The molecule has 1 N–H and O–H groups in total. The van der Waals surface area contributed by atoms with Gasteiger partial charge in [-0.05, 0) is 44.2 Å². The molecule has 0 unspecified atom stereocenters. The van der Waals surface area contributed by atoms with Crippen LogP contribution in [0.5, 0.6) is 0 Å². The van der Waals surface area contributed by atoms with Gasteiger partial charge < -0.3 is 9.88 Å². The van der Waals surface area contributed by atoms with E-state index in [1.54, 1.807) is 19.3 Å². The highest BCUT2D eigenvalue weighted by molar-refractivity contribution is 8.00. The number of benzene rings is 1. The van der Waals surface area contributed by atoms with E-state index in [0.717, 1.165) is 11.4 Å². The summed E-state index contributed by atoms with van der Waals surface area (Å²) in [6, 6.07) is 7.78. The van der Waals surface area contributed by atoms with Crippen LogP contribution in [0.4, 0.5) is 10.1 Å². The molecular weight excluding hydrogens is 389 g/mol. The van der Waals surface area contributed by atoms with Gasteiger partial charge >= 0.3 is 0 Å². The van der Waals surface area contributed by atoms with Crippen molar-refractivity contribution in [2.75, 3.05) is 5.32 Å². The van der Waals surface area contributed by atoms with Crippen LogP contribution in [0.1, 0.15) is 13.8 Å². The average Bonchev–Trinajstić information content (AvgIpc) is 3.08. The molecule has 9 heteroatoms. The summed E-state index contributed by atoms with van der Waals surface area (Å²) in [5.41, 5.74) is 1.34. The second kappa shape index (κ2) is 8.49. The third kappa shape index (κ3) is 4.45. The van der Waals surface area contributed by atoms with E-state index in [2.05, 4.69) is 20.5 Å². The summed E-state index contributed by atoms with van der Waals surface area (Å²) >= 11 is 7.05. The SMILES string of the molecule is CCn1c(S[C@@H](C)C(=O)Nc2ccc(F)c(Cl)c2)nnc1-c1ccncc1. The number of pyridine rings is 1. The van der Waals surface area contributed by atoms with E-state index in [9.17, 15) is 9.18 Å². The highest BCUT2D eigenvalue weighted by Gasteiger charge is 2.20. The van der Waals surface area contributed by atoms with E-state index < -0.39 is 11.1 Å². The van der Waals surface area contributed by atoms with Crippen molar-refractivity contribution in [2.24, 2.45) is 0 Å². The molecule has 3 aromatic rings. The van der Waals surface area contributed by atoms with Crippen LogP contribution in [-0.4, -0.2) is 30.9 Å². The average molecular weight is 406 g/mol. The smallest absolute Gasteiger partial charge is 0.237 e. The molecule has 0 saturated heterocycles. The number of anilines is 1. The van der Waals surface area contributed by atoms with Gasteiger partial charge in [-0.2, -0.15) is 0 Å². The summed E-state index contributed by atoms with van der Waals surface area (Å²) in [4.78, 5) is 16.5. The number of hydrogen-bond donors (Lipinski definition) is 1. The molecule has 0 aliphatic carbocycles. The minimum Gasteiger partial charge on any atom is -0.325 e. The molecule has 3 rings (SSSR count). The van der Waals surface area contributed by atoms with Gasteiger partial charge in [-0.1, -0.05) is 23.4 Å². The molecule has 140 valence electrons. The summed E-state index contributed by atoms with van der Waals surface area (Å²) in [6.07, 6.45) is 3.39. The van der Waals surface area contributed by atoms with E-state index in [1.165, 1.54) is 30.0 Å². The van der Waals surface area contributed by atoms with Crippen LogP contribution in [-0.2, 0) is 11.3 Å². The number of nitrogens with one attached hydrogen (secondary N) is 1. The highest BCUT2D eigenvalue weighted by Crippen LogP contribution is 2.27. The van der Waals surface area contributed by atoms with E-state index in [-0.39, 0.29) is 10.9 Å². The molecule has 1 amide bonds. The first-order chi connectivity index (χ1) is 13.0. The highest BCUT2D eigenvalue weighted by atomic mass is 35.5. The van der Waals surface area contributed by atoms with Gasteiger partial charge in [0.15, 0.2) is 11.0 Å². The van der Waals surface area contributed by atoms with Gasteiger partial charge in [0.1, 0.15) is 5.82 Å². The fourth-order valence-corrected chi connectivity index (χ4v) is 3.50. The van der Waals surface area contributed by atoms with Crippen molar-refractivity contribution < 1.29 is 9.18 Å². The van der Waals surface area contributed by atoms with Gasteiger partial charge in [0, 0.05) is 30.2 Å². The van der Waals surface area contributed by atoms with Gasteiger partial charge in [-0.25, -0.2) is 4.39 Å². The van der Waals surface area contributed by atoms with Gasteiger partial charge in [-0.15, -0.1) is 10.2 Å². The third-order valence-electron chi connectivity index (χ3n) is 3.81. The molecule has 2 heterocycles. The molecule has 6 nitrogen and oxygen atoms in total. The van der Waals surface area contributed by atoms with Crippen LogP contribution in [0.15, 0.2) is 47.9 Å². The number of rotatable bonds is 6. The summed E-state index contributed by atoms with van der Waals surface area (Å²) in [7, 11) is 0. The molecule has 0 spiro atoms. The lowest BCUT2D eigenvalue weighted by molar-refractivity contribution is -0.115. The van der Waals surface area contributed by atoms with Crippen molar-refractivity contribution in [3.63, 3.8) is 0 Å². The molecule has 1 aromatic carbocycles. The van der Waals surface area contributed by atoms with Crippen molar-refractivity contribution in [1.82, 2.24) is 19.7 Å². The summed E-state index contributed by atoms with van der Waals surface area (Å²) in [5, 5.41) is 11.4. The van der Waals surface area contributed by atoms with Gasteiger partial charge in [0.2, 0.25) is 5.91 Å². The van der Waals surface area contributed by atoms with Crippen LogP contribution in [0.25, 0.3) is 11.4 Å². The zero-order chi connectivity index (χ0) is 19.4. The molecule has 0 aliphatic rings. The summed E-state index contributed by atoms with van der Waals surface area (Å²) < 4.78 is 15.2. The largest absolute Gasteiger partial charge is 0.325 e. The van der Waals surface area contributed by atoms with E-state index in [0.29, 0.717) is 17.4 Å². The maximum atomic E-state index is 13.2. The Hall–Kier alpha value is -2.45. The number of hydrogen-bond acceptors (Lipinski definition) is 5. The summed E-state index contributed by atoms with van der Waals surface area (Å²) in [5.74, 6) is -0.0455. The normalized spacial score (nSPS) is 12.0. The Bertz CT molecular complexity index is 950. The lowest BCUT2D eigenvalue weighted by Gasteiger charge is -2.13. The molecule has 0 radical (unpaired) electrons. The van der Waals surface area contributed by atoms with Crippen molar-refractivity contribution in [3.8, 4) is 11.4 Å². The fourth-order valence-electron chi connectivity index (χ4n) is 2.40. The first-order valence-electron chi connectivity index (χ1n) is 8.25. The van der Waals surface area contributed by atoms with Crippen LogP contribution in [0.2, 0.25) is 5.02 Å². The molecule has 27 heavy (non-hydrogen) atoms. The van der Waals surface area contributed by atoms with Crippen molar-refractivity contribution in [3.05, 3.63) is 53.6 Å². The topological polar surface area (TPSA) is 72.7 Å². The minimum atomic E-state index is -0.531. The maximum absolute atomic E-state index is 13.2. The molecular formula is C18H17ClFN5OS. The van der Waals surface area contributed by atoms with Crippen molar-refractivity contribution >= 4 is 35.0 Å². The lowest BCUT2D eigenvalue weighted by atomic mass is 10.2. The molecule has 0 saturated carbocycles. The van der Waals surface area contributed by atoms with E-state index in [1.807, 2.05) is 23.6 Å². The molecule has 0 fully saturated rings. The first-order valence-corrected chi connectivity index (χ1v) is 9.51. The Labute approximate surface area is 165 Å². The predicted molar refractivity (Wildman–Crippen MR) is 104 cm³/mol. The third-order valence-corrected chi connectivity index (χ3v) is 5.18. The van der Waals surface area contributed by atoms with Gasteiger partial charge in [0.25, 0.3) is 0 Å². The minimum absolute atomic E-state index is 0.0409. The van der Waals surface area contributed by atoms with Crippen LogP contribution in [0.3, 0.4) is 0 Å². The Morgan fingerprint density at radius 1 is 1.30 bits per heavy atom. The molecule has 0 aliphatic heterocycles. The van der Waals surface area contributed by atoms with Crippen LogP contribution < -0.4 is 5.32 Å². The number of amides is 1. The number of nitrogens with zero attached hydrogens (tertiary/aromatic N) is 4. The zero-order valence-corrected chi connectivity index (χ0v) is 16.3. The Morgan fingerprint density at radius 3 is 2.70 bits per heavy atom. The Kier molecular flexibility index (Phi) is 6.08. The van der Waals surface area contributed by atoms with Gasteiger partial charge in [0.05, 0.1) is 10.3 Å². The number of thioether (sulfide) groups is 1. The number of carbonyl (C=O) groups is 1. The first kappa shape index (κ1) is 19.3. The maximum Gasteiger partial charge on any atom is 0.237 e. The molecule has 2 aromatic heterocycles. The Morgan fingerprint density at radius 2 is 2.04 bits per heavy atom. The number of aromatic nitrogens is 4. The van der Waals surface area contributed by atoms with Crippen molar-refractivity contribution in [1.29, 1.82) is 0 Å². The van der Waals surface area contributed by atoms with Gasteiger partial charge in [-0.3, -0.25) is 9.78 Å². The van der Waals surface area contributed by atoms with Crippen molar-refractivity contribution in [2.45, 2.75) is 30.8 Å². The molecule has 0 bridgehead atoms. The lowest BCUT2D eigenvalue weighted by Crippen LogP contribution is -2.23. The molecule has 1 atom stereocenters. The number of halogens is 2. The standard InChI is InChI=1S/C18H17ClFN5OS/c1-3-25-16(12-6-8-21-9-7-12)23-24-18(25)27-11(2)17(26)22-13-4-5-15(20)14(19)10-13/h4-11H,3H2,1-2H3,(H,22,26)/t11-/m0/s1. The van der Waals surface area contributed by atoms with E-state index >= 15 is 0 Å². The second-order valence-electron chi connectivity index (χ2n) is 5.66.